The van der Waals surface area contributed by atoms with E-state index in [9.17, 15) is 0 Å². The molecule has 0 aromatic rings. The second kappa shape index (κ2) is 3.56. The van der Waals surface area contributed by atoms with E-state index in [4.69, 9.17) is 0 Å². The molecule has 13 heavy (non-hydrogen) atoms. The maximum Gasteiger partial charge on any atom is 0.0683 e. The molecular weight excluding hydrogens is 178 g/mol. The minimum Gasteiger partial charge on any atom is -0.362 e. The number of rotatable bonds is 1. The van der Waals surface area contributed by atoms with E-state index in [0.29, 0.717) is 6.04 Å². The van der Waals surface area contributed by atoms with Crippen LogP contribution < -0.4 is 0 Å². The lowest BCUT2D eigenvalue weighted by molar-refractivity contribution is 0.262. The average molecular weight is 199 g/mol. The summed E-state index contributed by atoms with van der Waals surface area (Å²) >= 11 is 1.97. The first-order valence-corrected chi connectivity index (χ1v) is 5.93. The van der Waals surface area contributed by atoms with E-state index >= 15 is 0 Å². The topological polar surface area (TPSA) is 3.24 Å². The maximum atomic E-state index is 2.51. The molecule has 0 atom stereocenters. The van der Waals surface area contributed by atoms with Gasteiger partial charge < -0.3 is 4.90 Å². The van der Waals surface area contributed by atoms with Crippen molar-refractivity contribution in [2.75, 3.05) is 5.88 Å². The van der Waals surface area contributed by atoms with Gasteiger partial charge in [0.15, 0.2) is 0 Å². The van der Waals surface area contributed by atoms with Crippen LogP contribution in [-0.4, -0.2) is 16.8 Å². The molecule has 0 saturated carbocycles. The summed E-state index contributed by atoms with van der Waals surface area (Å²) in [5.41, 5.74) is 1.82. The van der Waals surface area contributed by atoms with E-state index in [-0.39, 0.29) is 5.41 Å². The molecule has 1 aliphatic heterocycles. The Kier molecular flexibility index (Phi) is 3.01. The first kappa shape index (κ1) is 11.0. The maximum absolute atomic E-state index is 2.51. The minimum absolute atomic E-state index is 0.290. The van der Waals surface area contributed by atoms with Gasteiger partial charge in [-0.15, -0.1) is 11.8 Å². The fraction of sp³-hybridized carbons (Fsp3) is 0.818. The van der Waals surface area contributed by atoms with Gasteiger partial charge in [-0.05, 0) is 20.8 Å². The molecule has 1 rings (SSSR count). The highest BCUT2D eigenvalue weighted by Crippen LogP contribution is 2.42. The SMILES string of the molecule is CC1=C(C(C)(C)C)N(C(C)C)CS1. The Morgan fingerprint density at radius 1 is 1.31 bits per heavy atom. The van der Waals surface area contributed by atoms with Crippen molar-refractivity contribution >= 4 is 11.8 Å². The van der Waals surface area contributed by atoms with Crippen molar-refractivity contribution in [3.63, 3.8) is 0 Å². The molecule has 0 N–H and O–H groups in total. The summed E-state index contributed by atoms with van der Waals surface area (Å²) in [6.45, 7) is 13.7. The molecule has 0 saturated heterocycles. The van der Waals surface area contributed by atoms with E-state index < -0.39 is 0 Å². The molecule has 0 spiro atoms. The van der Waals surface area contributed by atoms with Gasteiger partial charge in [-0.1, -0.05) is 20.8 Å². The van der Waals surface area contributed by atoms with E-state index in [1.807, 2.05) is 11.8 Å². The van der Waals surface area contributed by atoms with Gasteiger partial charge in [0.05, 0.1) is 5.88 Å². The standard InChI is InChI=1S/C11H21NS/c1-8(2)12-7-13-9(3)10(12)11(4,5)6/h8H,7H2,1-6H3. The minimum atomic E-state index is 0.290. The van der Waals surface area contributed by atoms with E-state index in [0.717, 1.165) is 5.88 Å². The van der Waals surface area contributed by atoms with Crippen molar-refractivity contribution in [1.29, 1.82) is 0 Å². The fourth-order valence-corrected chi connectivity index (χ4v) is 3.19. The van der Waals surface area contributed by atoms with Crippen LogP contribution in [0.4, 0.5) is 0 Å². The summed E-state index contributed by atoms with van der Waals surface area (Å²) in [6.07, 6.45) is 0. The van der Waals surface area contributed by atoms with E-state index in [1.165, 1.54) is 10.6 Å². The van der Waals surface area contributed by atoms with Crippen LogP contribution in [-0.2, 0) is 0 Å². The molecule has 1 heterocycles. The van der Waals surface area contributed by atoms with E-state index in [2.05, 4.69) is 46.4 Å². The Labute approximate surface area is 86.6 Å². The second-order valence-electron chi connectivity index (χ2n) is 4.99. The van der Waals surface area contributed by atoms with Crippen LogP contribution in [0.15, 0.2) is 10.6 Å². The van der Waals surface area contributed by atoms with E-state index in [1.54, 1.807) is 0 Å². The average Bonchev–Trinajstić information content (AvgIpc) is 2.28. The Balaban J connectivity index is 2.95. The molecule has 0 unspecified atom stereocenters. The molecular formula is C11H21NS. The van der Waals surface area contributed by atoms with Crippen molar-refractivity contribution in [3.05, 3.63) is 10.6 Å². The van der Waals surface area contributed by atoms with Crippen LogP contribution in [0, 0.1) is 5.41 Å². The smallest absolute Gasteiger partial charge is 0.0683 e. The van der Waals surface area contributed by atoms with Crippen molar-refractivity contribution in [2.24, 2.45) is 5.41 Å². The van der Waals surface area contributed by atoms with Gasteiger partial charge in [0.1, 0.15) is 0 Å². The Morgan fingerprint density at radius 2 is 1.85 bits per heavy atom. The summed E-state index contributed by atoms with van der Waals surface area (Å²) in [6, 6.07) is 0.624. The molecule has 0 bridgehead atoms. The summed E-state index contributed by atoms with van der Waals surface area (Å²) in [5.74, 6) is 1.14. The highest BCUT2D eigenvalue weighted by atomic mass is 32.2. The summed E-state index contributed by atoms with van der Waals surface area (Å²) in [7, 11) is 0. The predicted octanol–water partition coefficient (Wildman–Crippen LogP) is 3.68. The van der Waals surface area contributed by atoms with Gasteiger partial charge in [-0.3, -0.25) is 0 Å². The van der Waals surface area contributed by atoms with Crippen molar-refractivity contribution < 1.29 is 0 Å². The predicted molar refractivity (Wildman–Crippen MR) is 61.6 cm³/mol. The zero-order valence-electron chi connectivity index (χ0n) is 9.64. The molecule has 1 nitrogen and oxygen atoms in total. The van der Waals surface area contributed by atoms with Gasteiger partial charge in [-0.2, -0.15) is 0 Å². The molecule has 1 aliphatic rings. The quantitative estimate of drug-likeness (QED) is 0.634. The largest absolute Gasteiger partial charge is 0.362 e. The van der Waals surface area contributed by atoms with Crippen molar-refractivity contribution in [1.82, 2.24) is 4.90 Å². The molecule has 2 heteroatoms. The van der Waals surface area contributed by atoms with Crippen LogP contribution in [0.3, 0.4) is 0 Å². The molecule has 0 radical (unpaired) electrons. The van der Waals surface area contributed by atoms with Crippen molar-refractivity contribution in [3.8, 4) is 0 Å². The Hall–Kier alpha value is -0.110. The summed E-state index contributed by atoms with van der Waals surface area (Å²) in [4.78, 5) is 4.02. The third-order valence-corrected chi connectivity index (χ3v) is 3.41. The lowest BCUT2D eigenvalue weighted by atomic mass is 9.90. The highest BCUT2D eigenvalue weighted by molar-refractivity contribution is 8.03. The number of nitrogens with zero attached hydrogens (tertiary/aromatic N) is 1. The summed E-state index contributed by atoms with van der Waals surface area (Å²) < 4.78 is 0. The number of thioether (sulfide) groups is 1. The molecule has 0 fully saturated rings. The summed E-state index contributed by atoms with van der Waals surface area (Å²) in [5, 5.41) is 0. The first-order valence-electron chi connectivity index (χ1n) is 4.95. The fourth-order valence-electron chi connectivity index (χ4n) is 1.87. The lowest BCUT2D eigenvalue weighted by Crippen LogP contribution is -2.32. The number of hydrogen-bond acceptors (Lipinski definition) is 2. The van der Waals surface area contributed by atoms with Crippen LogP contribution in [0.1, 0.15) is 41.5 Å². The van der Waals surface area contributed by atoms with Gasteiger partial charge in [0.25, 0.3) is 0 Å². The monoisotopic (exact) mass is 199 g/mol. The van der Waals surface area contributed by atoms with Gasteiger partial charge in [0.2, 0.25) is 0 Å². The number of hydrogen-bond donors (Lipinski definition) is 0. The van der Waals surface area contributed by atoms with Crippen LogP contribution in [0.5, 0.6) is 0 Å². The Morgan fingerprint density at radius 3 is 2.15 bits per heavy atom. The molecule has 0 aliphatic carbocycles. The first-order chi connectivity index (χ1) is 5.84. The van der Waals surface area contributed by atoms with Crippen LogP contribution in [0.2, 0.25) is 0 Å². The molecule has 76 valence electrons. The number of allylic oxidation sites excluding steroid dienone is 2. The van der Waals surface area contributed by atoms with Crippen molar-refractivity contribution in [2.45, 2.75) is 47.6 Å². The van der Waals surface area contributed by atoms with Gasteiger partial charge >= 0.3 is 0 Å². The molecule has 0 amide bonds. The van der Waals surface area contributed by atoms with Crippen LogP contribution in [0.25, 0.3) is 0 Å². The van der Waals surface area contributed by atoms with Crippen LogP contribution >= 0.6 is 11.8 Å². The van der Waals surface area contributed by atoms with Gasteiger partial charge in [-0.25, -0.2) is 0 Å². The van der Waals surface area contributed by atoms with Gasteiger partial charge in [0, 0.05) is 22.1 Å². The zero-order valence-corrected chi connectivity index (χ0v) is 10.5. The lowest BCUT2D eigenvalue weighted by Gasteiger charge is -2.34. The highest BCUT2D eigenvalue weighted by Gasteiger charge is 2.31. The third kappa shape index (κ3) is 2.22. The molecule has 0 aromatic heterocycles. The third-order valence-electron chi connectivity index (χ3n) is 2.37. The molecule has 0 aromatic carbocycles. The second-order valence-corrected chi connectivity index (χ2v) is 6.15. The zero-order chi connectivity index (χ0) is 10.2. The Bertz CT molecular complexity index is 223. The normalized spacial score (nSPS) is 19.2.